The van der Waals surface area contributed by atoms with Gasteiger partial charge >= 0.3 is 21.7 Å². The van der Waals surface area contributed by atoms with Gasteiger partial charge in [-0.05, 0) is 25.7 Å². The summed E-state index contributed by atoms with van der Waals surface area (Å²) in [5.74, 6) is -0.281. The molecule has 0 bridgehead atoms. The second kappa shape index (κ2) is 19.3. The zero-order valence-corrected chi connectivity index (χ0v) is 23.6. The Morgan fingerprint density at radius 1 is 0.818 bits per heavy atom. The summed E-state index contributed by atoms with van der Waals surface area (Å²) in [6.45, 7) is 2.46. The van der Waals surface area contributed by atoms with Crippen molar-refractivity contribution < 1.29 is 26.5 Å². The Balaban J connectivity index is 0. The summed E-state index contributed by atoms with van der Waals surface area (Å²) in [5, 5.41) is 2.78. The minimum Gasteiger partial charge on any atom is -0.668 e. The Morgan fingerprint density at radius 2 is 1.30 bits per heavy atom. The van der Waals surface area contributed by atoms with Crippen LogP contribution < -0.4 is 4.90 Å². The second-order valence-corrected chi connectivity index (χ2v) is 8.82. The van der Waals surface area contributed by atoms with Crippen LogP contribution in [0.3, 0.4) is 0 Å². The second-order valence-electron chi connectivity index (χ2n) is 8.82. The first-order valence-corrected chi connectivity index (χ1v) is 11.9. The van der Waals surface area contributed by atoms with Crippen LogP contribution in [0.15, 0.2) is 36.4 Å². The predicted octanol–water partition coefficient (Wildman–Crippen LogP) is 8.16. The van der Waals surface area contributed by atoms with Gasteiger partial charge in [-0.3, -0.25) is 0 Å². The number of rotatable bonds is 2. The summed E-state index contributed by atoms with van der Waals surface area (Å²) in [6.07, 6.45) is 16.2. The van der Waals surface area contributed by atoms with Crippen molar-refractivity contribution in [2.75, 3.05) is 18.0 Å². The SMILES string of the molecule is [CH3-].[CH3-].[NH-]C(=O)C1CCCCCCCCCCC1.[Si].[Ti+4].c1ccc2c(N3CCCC3)c[cH-]c2c1. The fraction of sp³-hybridized carbons (Fsp3) is 0.571. The van der Waals surface area contributed by atoms with E-state index in [1.165, 1.54) is 87.3 Å². The number of fused-ring (bicyclic) bond motifs is 1. The fourth-order valence-electron chi connectivity index (χ4n) is 4.79. The van der Waals surface area contributed by atoms with Crippen molar-refractivity contribution in [1.29, 1.82) is 0 Å². The number of anilines is 1. The van der Waals surface area contributed by atoms with Gasteiger partial charge in [0.2, 0.25) is 0 Å². The van der Waals surface area contributed by atoms with E-state index in [9.17, 15) is 4.79 Å². The number of amides is 1. The van der Waals surface area contributed by atoms with Crippen LogP contribution in [0.1, 0.15) is 83.5 Å². The van der Waals surface area contributed by atoms with Crippen LogP contribution in [0.5, 0.6) is 0 Å². The van der Waals surface area contributed by atoms with Crippen molar-refractivity contribution in [2.45, 2.75) is 83.5 Å². The van der Waals surface area contributed by atoms with Crippen molar-refractivity contribution in [3.05, 3.63) is 57.0 Å². The van der Waals surface area contributed by atoms with Gasteiger partial charge in [0.1, 0.15) is 0 Å². The Bertz CT molecular complexity index is 730. The first-order chi connectivity index (χ1) is 14.3. The molecule has 1 saturated carbocycles. The van der Waals surface area contributed by atoms with Gasteiger partial charge in [0.15, 0.2) is 0 Å². The minimum absolute atomic E-state index is 0. The number of benzene rings is 1. The van der Waals surface area contributed by atoms with Crippen LogP contribution in [0.4, 0.5) is 5.69 Å². The molecule has 1 saturated heterocycles. The molecule has 4 rings (SSSR count). The molecule has 33 heavy (non-hydrogen) atoms. The maximum Gasteiger partial charge on any atom is 4.00 e. The molecule has 1 N–H and O–H groups in total. The fourth-order valence-corrected chi connectivity index (χ4v) is 4.79. The summed E-state index contributed by atoms with van der Waals surface area (Å²) >= 11 is 0. The molecule has 0 unspecified atom stereocenters. The molecule has 2 aliphatic rings. The van der Waals surface area contributed by atoms with E-state index in [0.717, 1.165) is 25.7 Å². The summed E-state index contributed by atoms with van der Waals surface area (Å²) in [4.78, 5) is 13.6. The van der Waals surface area contributed by atoms with Crippen LogP contribution in [-0.2, 0) is 26.5 Å². The normalized spacial score (nSPS) is 17.4. The van der Waals surface area contributed by atoms with E-state index in [1.54, 1.807) is 0 Å². The number of carbonyl (C=O) groups excluding carboxylic acids is 1. The molecule has 0 aromatic heterocycles. The number of hydrogen-bond donors (Lipinski definition) is 0. The van der Waals surface area contributed by atoms with Gasteiger partial charge in [-0.1, -0.05) is 69.5 Å². The molecule has 4 radical (unpaired) electrons. The molecule has 2 aromatic carbocycles. The molecule has 5 heteroatoms. The maximum atomic E-state index is 11.1. The maximum absolute atomic E-state index is 11.1. The van der Waals surface area contributed by atoms with Crippen LogP contribution in [0.25, 0.3) is 16.5 Å². The molecule has 0 spiro atoms. The first kappa shape index (κ1) is 34.2. The number of hydrogen-bond acceptors (Lipinski definition) is 2. The molecule has 1 heterocycles. The van der Waals surface area contributed by atoms with Crippen LogP contribution in [-0.4, -0.2) is 30.0 Å². The molecular formula is C28H44N2OSiTi. The molecule has 1 aliphatic heterocycles. The number of nitrogens with zero attached hydrogens (tertiary/aromatic N) is 1. The molecule has 2 fully saturated rings. The zero-order valence-electron chi connectivity index (χ0n) is 21.0. The van der Waals surface area contributed by atoms with Gasteiger partial charge in [0.25, 0.3) is 0 Å². The van der Waals surface area contributed by atoms with Crippen molar-refractivity contribution in [2.24, 2.45) is 5.92 Å². The zero-order chi connectivity index (χ0) is 20.3. The summed E-state index contributed by atoms with van der Waals surface area (Å²) in [7, 11) is 0. The van der Waals surface area contributed by atoms with E-state index in [-0.39, 0.29) is 59.4 Å². The number of carbonyl (C=O) groups is 1. The Morgan fingerprint density at radius 3 is 1.82 bits per heavy atom. The number of nitrogens with one attached hydrogen (secondary N) is 1. The topological polar surface area (TPSA) is 44.1 Å². The third-order valence-electron chi connectivity index (χ3n) is 6.58. The Labute approximate surface area is 223 Å². The quantitative estimate of drug-likeness (QED) is 0.308. The summed E-state index contributed by atoms with van der Waals surface area (Å²) < 4.78 is 0. The largest absolute Gasteiger partial charge is 4.00 e. The third-order valence-corrected chi connectivity index (χ3v) is 6.58. The van der Waals surface area contributed by atoms with Crippen molar-refractivity contribution >= 4 is 33.3 Å². The van der Waals surface area contributed by atoms with Crippen molar-refractivity contribution in [3.8, 4) is 0 Å². The van der Waals surface area contributed by atoms with Crippen LogP contribution in [0.2, 0.25) is 0 Å². The Hall–Kier alpha value is -0.969. The van der Waals surface area contributed by atoms with Crippen molar-refractivity contribution in [1.82, 2.24) is 0 Å². The molecule has 3 nitrogen and oxygen atoms in total. The van der Waals surface area contributed by atoms with Gasteiger partial charge in [-0.25, -0.2) is 0 Å². The van der Waals surface area contributed by atoms with Gasteiger partial charge in [0, 0.05) is 30.0 Å². The molecular weight excluding hydrogens is 456 g/mol. The predicted molar refractivity (Wildman–Crippen MR) is 143 cm³/mol. The standard InChI is InChI=1S/C13H25NO.C13H14N.2CH3.Si.Ti/c14-13(15)12-10-8-6-4-2-1-3-5-7-9-11-12;1-2-6-12-11(5-1)7-8-13(12)14-9-3-4-10-14;;;;/h12H,1-11H2,(H2,14,15);1-2,5-8H,3-4,9-10H2;2*1H3;;/q;3*-1;;+4/p-1. The first-order valence-electron chi connectivity index (χ1n) is 11.9. The van der Waals surface area contributed by atoms with Crippen molar-refractivity contribution in [3.63, 3.8) is 0 Å². The van der Waals surface area contributed by atoms with E-state index in [4.69, 9.17) is 5.73 Å². The Kier molecular flexibility index (Phi) is 20.1. The minimum atomic E-state index is -0.327. The van der Waals surface area contributed by atoms with E-state index >= 15 is 0 Å². The average Bonchev–Trinajstić information content (AvgIpc) is 3.38. The molecule has 180 valence electrons. The van der Waals surface area contributed by atoms with Crippen LogP contribution >= 0.6 is 0 Å². The molecule has 1 amide bonds. The van der Waals surface area contributed by atoms with Gasteiger partial charge in [-0.15, -0.1) is 41.1 Å². The molecule has 2 aromatic rings. The van der Waals surface area contributed by atoms with Gasteiger partial charge < -0.3 is 30.3 Å². The summed E-state index contributed by atoms with van der Waals surface area (Å²) in [6, 6.07) is 13.1. The smallest absolute Gasteiger partial charge is 0.668 e. The van der Waals surface area contributed by atoms with E-state index in [0.29, 0.717) is 0 Å². The summed E-state index contributed by atoms with van der Waals surface area (Å²) in [5.41, 5.74) is 8.65. The van der Waals surface area contributed by atoms with E-state index in [2.05, 4.69) is 41.3 Å². The van der Waals surface area contributed by atoms with E-state index < -0.39 is 0 Å². The van der Waals surface area contributed by atoms with Crippen LogP contribution in [0, 0.1) is 20.8 Å². The molecule has 1 aliphatic carbocycles. The third kappa shape index (κ3) is 11.3. The van der Waals surface area contributed by atoms with Gasteiger partial charge in [0.05, 0.1) is 5.91 Å². The van der Waals surface area contributed by atoms with Gasteiger partial charge in [-0.2, -0.15) is 0 Å². The monoisotopic (exact) mass is 500 g/mol. The van der Waals surface area contributed by atoms with E-state index in [1.807, 2.05) is 0 Å². The molecule has 0 atom stereocenters. The average molecular weight is 501 g/mol.